The van der Waals surface area contributed by atoms with E-state index in [0.29, 0.717) is 5.57 Å². The molecule has 6 heteroatoms. The van der Waals surface area contributed by atoms with E-state index in [1.165, 1.54) is 0 Å². The molecule has 0 bridgehead atoms. The van der Waals surface area contributed by atoms with E-state index < -0.39 is 17.6 Å². The van der Waals surface area contributed by atoms with Crippen molar-refractivity contribution in [3.05, 3.63) is 12.2 Å². The van der Waals surface area contributed by atoms with Crippen molar-refractivity contribution in [1.29, 1.82) is 0 Å². The highest BCUT2D eigenvalue weighted by molar-refractivity contribution is 6.18. The van der Waals surface area contributed by atoms with Crippen molar-refractivity contribution in [2.24, 2.45) is 0 Å². The zero-order valence-corrected chi connectivity index (χ0v) is 8.83. The van der Waals surface area contributed by atoms with Gasteiger partial charge in [-0.1, -0.05) is 12.2 Å². The first kappa shape index (κ1) is 11.8. The summed E-state index contributed by atoms with van der Waals surface area (Å²) in [4.78, 5) is 23.0. The molecule has 0 aromatic rings. The Morgan fingerprint density at radius 2 is 2.13 bits per heavy atom. The molecule has 1 atom stereocenters. The van der Waals surface area contributed by atoms with Crippen LogP contribution in [0.4, 0.5) is 4.79 Å². The maximum Gasteiger partial charge on any atom is 0.408 e. The summed E-state index contributed by atoms with van der Waals surface area (Å²) >= 11 is 5.52. The number of carboxylic acids is 1. The highest BCUT2D eigenvalue weighted by Crippen LogP contribution is 2.35. The summed E-state index contributed by atoms with van der Waals surface area (Å²) in [6.45, 7) is 3.70. The predicted octanol–water partition coefficient (Wildman–Crippen LogP) is 1.38. The molecule has 2 N–H and O–H groups in total. The minimum atomic E-state index is -1.43. The summed E-state index contributed by atoms with van der Waals surface area (Å²) in [5.41, 5.74) is -0.824. The van der Waals surface area contributed by atoms with Gasteiger partial charge in [-0.25, -0.2) is 9.59 Å². The fourth-order valence-corrected chi connectivity index (χ4v) is 2.18. The quantitative estimate of drug-likeness (QED) is 0.570. The Bertz CT molecular complexity index is 317. The molecule has 1 saturated heterocycles. The Morgan fingerprint density at radius 3 is 2.53 bits per heavy atom. The van der Waals surface area contributed by atoms with E-state index in [0.717, 1.165) is 4.90 Å². The van der Waals surface area contributed by atoms with Gasteiger partial charge in [0.2, 0.25) is 0 Å². The molecule has 0 spiro atoms. The molecule has 0 aromatic carbocycles. The first-order chi connectivity index (χ1) is 6.94. The van der Waals surface area contributed by atoms with Crippen molar-refractivity contribution < 1.29 is 19.8 Å². The van der Waals surface area contributed by atoms with E-state index >= 15 is 0 Å². The first-order valence-electron chi connectivity index (χ1n) is 4.40. The summed E-state index contributed by atoms with van der Waals surface area (Å²) in [5.74, 6) is -1.06. The number of carboxylic acid groups (broad SMARTS) is 2. The SMILES string of the molecule is C=C1CN(C(=O)O)C(CCCl)(C(=O)O)C1. The van der Waals surface area contributed by atoms with Crippen molar-refractivity contribution in [3.8, 4) is 0 Å². The van der Waals surface area contributed by atoms with Crippen LogP contribution in [0.1, 0.15) is 12.8 Å². The van der Waals surface area contributed by atoms with Crippen molar-refractivity contribution in [2.45, 2.75) is 18.4 Å². The number of alkyl halides is 1. The maximum atomic E-state index is 11.2. The molecule has 1 unspecified atom stereocenters. The predicted molar refractivity (Wildman–Crippen MR) is 54.2 cm³/mol. The highest BCUT2D eigenvalue weighted by atomic mass is 35.5. The van der Waals surface area contributed by atoms with Gasteiger partial charge in [0.15, 0.2) is 0 Å². The molecular weight excluding hydrogens is 222 g/mol. The van der Waals surface area contributed by atoms with E-state index in [4.69, 9.17) is 21.8 Å². The lowest BCUT2D eigenvalue weighted by Crippen LogP contribution is -2.53. The number of aliphatic carboxylic acids is 1. The number of hydrogen-bond acceptors (Lipinski definition) is 2. The number of likely N-dealkylation sites (tertiary alicyclic amines) is 1. The average molecular weight is 234 g/mol. The molecule has 1 heterocycles. The van der Waals surface area contributed by atoms with Crippen molar-refractivity contribution in [2.75, 3.05) is 12.4 Å². The van der Waals surface area contributed by atoms with Crippen LogP contribution < -0.4 is 0 Å². The summed E-state index contributed by atoms with van der Waals surface area (Å²) in [6, 6.07) is 0. The number of amides is 1. The molecule has 1 fully saturated rings. The van der Waals surface area contributed by atoms with Gasteiger partial charge in [0.25, 0.3) is 0 Å². The van der Waals surface area contributed by atoms with Gasteiger partial charge in [-0.15, -0.1) is 11.6 Å². The Morgan fingerprint density at radius 1 is 1.53 bits per heavy atom. The highest BCUT2D eigenvalue weighted by Gasteiger charge is 2.51. The Balaban J connectivity index is 3.08. The fourth-order valence-electron chi connectivity index (χ4n) is 1.87. The summed E-state index contributed by atoms with van der Waals surface area (Å²) in [7, 11) is 0. The molecule has 5 nitrogen and oxygen atoms in total. The molecule has 0 aliphatic carbocycles. The fraction of sp³-hybridized carbons (Fsp3) is 0.556. The van der Waals surface area contributed by atoms with Gasteiger partial charge in [0, 0.05) is 18.8 Å². The van der Waals surface area contributed by atoms with E-state index in [9.17, 15) is 9.59 Å². The van der Waals surface area contributed by atoms with Gasteiger partial charge in [-0.3, -0.25) is 4.90 Å². The van der Waals surface area contributed by atoms with Gasteiger partial charge >= 0.3 is 12.1 Å². The van der Waals surface area contributed by atoms with Crippen LogP contribution in [0.25, 0.3) is 0 Å². The number of halogens is 1. The Labute approximate surface area is 91.9 Å². The van der Waals surface area contributed by atoms with Crippen LogP contribution in [0.15, 0.2) is 12.2 Å². The van der Waals surface area contributed by atoms with Crippen LogP contribution in [-0.2, 0) is 4.79 Å². The first-order valence-corrected chi connectivity index (χ1v) is 4.94. The third-order valence-corrected chi connectivity index (χ3v) is 2.77. The third kappa shape index (κ3) is 1.92. The van der Waals surface area contributed by atoms with Crippen molar-refractivity contribution >= 4 is 23.7 Å². The second-order valence-electron chi connectivity index (χ2n) is 3.57. The van der Waals surface area contributed by atoms with Crippen molar-refractivity contribution in [3.63, 3.8) is 0 Å². The van der Waals surface area contributed by atoms with Crippen LogP contribution >= 0.6 is 11.6 Å². The van der Waals surface area contributed by atoms with E-state index in [-0.39, 0.29) is 25.3 Å². The lowest BCUT2D eigenvalue weighted by atomic mass is 9.92. The van der Waals surface area contributed by atoms with Crippen LogP contribution in [0.2, 0.25) is 0 Å². The number of carbonyl (C=O) groups is 2. The smallest absolute Gasteiger partial charge is 0.408 e. The Hall–Kier alpha value is -1.23. The summed E-state index contributed by atoms with van der Waals surface area (Å²) in [5, 5.41) is 18.0. The number of rotatable bonds is 3. The number of nitrogens with zero attached hydrogens (tertiary/aromatic N) is 1. The molecule has 0 saturated carbocycles. The van der Waals surface area contributed by atoms with Gasteiger partial charge < -0.3 is 10.2 Å². The van der Waals surface area contributed by atoms with Crippen molar-refractivity contribution in [1.82, 2.24) is 4.90 Å². The normalized spacial score (nSPS) is 25.7. The molecule has 1 aliphatic rings. The van der Waals surface area contributed by atoms with E-state index in [2.05, 4.69) is 6.58 Å². The van der Waals surface area contributed by atoms with Gasteiger partial charge in [-0.05, 0) is 6.42 Å². The molecule has 15 heavy (non-hydrogen) atoms. The van der Waals surface area contributed by atoms with E-state index in [1.54, 1.807) is 0 Å². The molecule has 1 rings (SSSR count). The third-order valence-electron chi connectivity index (χ3n) is 2.58. The topological polar surface area (TPSA) is 77.8 Å². The van der Waals surface area contributed by atoms with Crippen LogP contribution in [0, 0.1) is 0 Å². The molecule has 1 amide bonds. The van der Waals surface area contributed by atoms with Gasteiger partial charge in [0.1, 0.15) is 5.54 Å². The second-order valence-corrected chi connectivity index (χ2v) is 3.95. The average Bonchev–Trinajstić information content (AvgIpc) is 2.44. The number of hydrogen-bond donors (Lipinski definition) is 2. The minimum Gasteiger partial charge on any atom is -0.479 e. The molecule has 84 valence electrons. The van der Waals surface area contributed by atoms with Crippen LogP contribution in [0.3, 0.4) is 0 Å². The molecular formula is C9H12ClNO4. The lowest BCUT2D eigenvalue weighted by Gasteiger charge is -2.31. The Kier molecular flexibility index (Phi) is 3.24. The zero-order valence-electron chi connectivity index (χ0n) is 8.07. The van der Waals surface area contributed by atoms with E-state index in [1.807, 2.05) is 0 Å². The standard InChI is InChI=1S/C9H12ClNO4/c1-6-4-9(2-3-10,7(12)13)11(5-6)8(14)15/h1-5H2,(H,12,13)(H,14,15). The maximum absolute atomic E-state index is 11.2. The van der Waals surface area contributed by atoms with Gasteiger partial charge in [0.05, 0.1) is 0 Å². The molecule has 0 radical (unpaired) electrons. The summed E-state index contributed by atoms with van der Waals surface area (Å²) < 4.78 is 0. The van der Waals surface area contributed by atoms with Crippen LogP contribution in [0.5, 0.6) is 0 Å². The monoisotopic (exact) mass is 233 g/mol. The molecule has 0 aromatic heterocycles. The second kappa shape index (κ2) is 4.10. The van der Waals surface area contributed by atoms with Crippen LogP contribution in [-0.4, -0.2) is 45.1 Å². The zero-order chi connectivity index (χ0) is 11.6. The lowest BCUT2D eigenvalue weighted by molar-refractivity contribution is -0.148. The molecule has 1 aliphatic heterocycles. The largest absolute Gasteiger partial charge is 0.479 e. The minimum absolute atomic E-state index is 0.0680. The van der Waals surface area contributed by atoms with Gasteiger partial charge in [-0.2, -0.15) is 0 Å². The summed E-state index contributed by atoms with van der Waals surface area (Å²) in [6.07, 6.45) is -1.02.